The van der Waals surface area contributed by atoms with Crippen LogP contribution in [0.25, 0.3) is 0 Å². The molecule has 0 bridgehead atoms. The highest BCUT2D eigenvalue weighted by atomic mass is 16.3. The van der Waals surface area contributed by atoms with Crippen molar-refractivity contribution in [2.45, 2.75) is 82.7 Å². The maximum absolute atomic E-state index is 10.5. The standard InChI is InChI=1S/C19H30O/c1-2-3-4-5-6-7-11-14-18(20)19(15-16-19)17-12-9-8-10-13-17/h8-10,12-13,18,20H,2-7,11,14-16H2,1H3. The van der Waals surface area contributed by atoms with Gasteiger partial charge in [-0.05, 0) is 24.8 Å². The van der Waals surface area contributed by atoms with E-state index in [1.54, 1.807) is 0 Å². The van der Waals surface area contributed by atoms with Crippen LogP contribution in [0.2, 0.25) is 0 Å². The van der Waals surface area contributed by atoms with Crippen LogP contribution < -0.4 is 0 Å². The molecule has 1 saturated carbocycles. The molecule has 1 aliphatic rings. The average molecular weight is 274 g/mol. The van der Waals surface area contributed by atoms with Gasteiger partial charge in [0.1, 0.15) is 0 Å². The first-order valence-electron chi connectivity index (χ1n) is 8.53. The zero-order valence-electron chi connectivity index (χ0n) is 13.0. The maximum Gasteiger partial charge on any atom is 0.0636 e. The van der Waals surface area contributed by atoms with Crippen molar-refractivity contribution < 1.29 is 5.11 Å². The molecule has 0 radical (unpaired) electrons. The maximum atomic E-state index is 10.5. The topological polar surface area (TPSA) is 20.2 Å². The van der Waals surface area contributed by atoms with Crippen molar-refractivity contribution in [1.82, 2.24) is 0 Å². The molecular formula is C19H30O. The summed E-state index contributed by atoms with van der Waals surface area (Å²) in [6.45, 7) is 2.26. The van der Waals surface area contributed by atoms with Crippen LogP contribution in [0.4, 0.5) is 0 Å². The quantitative estimate of drug-likeness (QED) is 0.580. The lowest BCUT2D eigenvalue weighted by molar-refractivity contribution is 0.119. The average Bonchev–Trinajstić information content (AvgIpc) is 3.29. The summed E-state index contributed by atoms with van der Waals surface area (Å²) in [5.41, 5.74) is 1.44. The van der Waals surface area contributed by atoms with Gasteiger partial charge >= 0.3 is 0 Å². The molecule has 0 amide bonds. The summed E-state index contributed by atoms with van der Waals surface area (Å²) in [7, 11) is 0. The third-order valence-corrected chi connectivity index (χ3v) is 4.86. The fourth-order valence-corrected chi connectivity index (χ4v) is 3.29. The van der Waals surface area contributed by atoms with Gasteiger partial charge in [0.05, 0.1) is 6.10 Å². The summed E-state index contributed by atoms with van der Waals surface area (Å²) < 4.78 is 0. The monoisotopic (exact) mass is 274 g/mol. The van der Waals surface area contributed by atoms with Crippen molar-refractivity contribution in [3.05, 3.63) is 35.9 Å². The fraction of sp³-hybridized carbons (Fsp3) is 0.684. The highest BCUT2D eigenvalue weighted by Crippen LogP contribution is 2.52. The Morgan fingerprint density at radius 2 is 1.55 bits per heavy atom. The van der Waals surface area contributed by atoms with Gasteiger partial charge < -0.3 is 5.11 Å². The van der Waals surface area contributed by atoms with Gasteiger partial charge in [0.25, 0.3) is 0 Å². The second-order valence-corrected chi connectivity index (χ2v) is 6.45. The largest absolute Gasteiger partial charge is 0.392 e. The molecule has 1 atom stereocenters. The number of rotatable bonds is 10. The van der Waals surface area contributed by atoms with Gasteiger partial charge in [0, 0.05) is 5.41 Å². The molecule has 1 aromatic rings. The first-order chi connectivity index (χ1) is 9.79. The molecule has 0 heterocycles. The molecule has 0 saturated heterocycles. The Morgan fingerprint density at radius 1 is 0.950 bits per heavy atom. The van der Waals surface area contributed by atoms with E-state index in [0.29, 0.717) is 0 Å². The van der Waals surface area contributed by atoms with E-state index < -0.39 is 0 Å². The lowest BCUT2D eigenvalue weighted by Gasteiger charge is -2.22. The van der Waals surface area contributed by atoms with Crippen molar-refractivity contribution in [1.29, 1.82) is 0 Å². The lowest BCUT2D eigenvalue weighted by Crippen LogP contribution is -2.25. The molecule has 0 aliphatic heterocycles. The van der Waals surface area contributed by atoms with Crippen molar-refractivity contribution >= 4 is 0 Å². The van der Waals surface area contributed by atoms with E-state index in [2.05, 4.69) is 37.3 Å². The van der Waals surface area contributed by atoms with Crippen LogP contribution >= 0.6 is 0 Å². The van der Waals surface area contributed by atoms with E-state index in [4.69, 9.17) is 0 Å². The number of unbranched alkanes of at least 4 members (excludes halogenated alkanes) is 6. The minimum absolute atomic E-state index is 0.101. The first-order valence-corrected chi connectivity index (χ1v) is 8.53. The van der Waals surface area contributed by atoms with Crippen molar-refractivity contribution in [3.8, 4) is 0 Å². The molecule has 1 heteroatoms. The predicted molar refractivity (Wildman–Crippen MR) is 86.0 cm³/mol. The molecule has 1 aliphatic carbocycles. The lowest BCUT2D eigenvalue weighted by atomic mass is 9.87. The Morgan fingerprint density at radius 3 is 2.15 bits per heavy atom. The van der Waals surface area contributed by atoms with Crippen LogP contribution in [0.3, 0.4) is 0 Å². The minimum Gasteiger partial charge on any atom is -0.392 e. The number of aliphatic hydroxyl groups is 1. The Bertz CT molecular complexity index is 367. The van der Waals surface area contributed by atoms with E-state index in [1.807, 2.05) is 0 Å². The summed E-state index contributed by atoms with van der Waals surface area (Å²) in [6.07, 6.45) is 12.4. The van der Waals surface area contributed by atoms with Crippen LogP contribution in [-0.2, 0) is 5.41 Å². The molecule has 1 unspecified atom stereocenters. The van der Waals surface area contributed by atoms with Gasteiger partial charge in [-0.1, -0.05) is 82.2 Å². The fourth-order valence-electron chi connectivity index (χ4n) is 3.29. The summed E-state index contributed by atoms with van der Waals surface area (Å²) in [6, 6.07) is 10.6. The Balaban J connectivity index is 1.66. The molecule has 0 aromatic heterocycles. The molecule has 20 heavy (non-hydrogen) atoms. The Kier molecular flexibility index (Phi) is 6.09. The molecule has 1 N–H and O–H groups in total. The molecule has 2 rings (SSSR count). The van der Waals surface area contributed by atoms with Gasteiger partial charge in [-0.2, -0.15) is 0 Å². The molecule has 0 spiro atoms. The molecular weight excluding hydrogens is 244 g/mol. The second kappa shape index (κ2) is 7.83. The zero-order chi connectivity index (χ0) is 14.3. The second-order valence-electron chi connectivity index (χ2n) is 6.45. The summed E-state index contributed by atoms with van der Waals surface area (Å²) >= 11 is 0. The van der Waals surface area contributed by atoms with Crippen LogP contribution in [0, 0.1) is 0 Å². The normalized spacial score (nSPS) is 17.9. The van der Waals surface area contributed by atoms with Gasteiger partial charge in [-0.3, -0.25) is 0 Å². The van der Waals surface area contributed by atoms with Crippen molar-refractivity contribution in [2.75, 3.05) is 0 Å². The van der Waals surface area contributed by atoms with Gasteiger partial charge in [0.15, 0.2) is 0 Å². The number of hydrogen-bond donors (Lipinski definition) is 1. The van der Waals surface area contributed by atoms with Crippen LogP contribution in [0.5, 0.6) is 0 Å². The van der Waals surface area contributed by atoms with E-state index >= 15 is 0 Å². The third kappa shape index (κ3) is 4.09. The highest BCUT2D eigenvalue weighted by molar-refractivity contribution is 5.32. The number of hydrogen-bond acceptors (Lipinski definition) is 1. The Labute approximate surface area is 124 Å². The highest BCUT2D eigenvalue weighted by Gasteiger charge is 2.49. The molecule has 112 valence electrons. The minimum atomic E-state index is -0.138. The molecule has 1 fully saturated rings. The van der Waals surface area contributed by atoms with Crippen molar-refractivity contribution in [3.63, 3.8) is 0 Å². The predicted octanol–water partition coefficient (Wildman–Crippen LogP) is 5.22. The molecule has 1 aromatic carbocycles. The van der Waals surface area contributed by atoms with E-state index in [-0.39, 0.29) is 11.5 Å². The first kappa shape index (κ1) is 15.6. The van der Waals surface area contributed by atoms with Crippen molar-refractivity contribution in [2.24, 2.45) is 0 Å². The van der Waals surface area contributed by atoms with Crippen LogP contribution in [0.1, 0.15) is 76.7 Å². The number of benzene rings is 1. The third-order valence-electron chi connectivity index (χ3n) is 4.86. The van der Waals surface area contributed by atoms with Gasteiger partial charge in [-0.25, -0.2) is 0 Å². The smallest absolute Gasteiger partial charge is 0.0636 e. The molecule has 1 nitrogen and oxygen atoms in total. The summed E-state index contributed by atoms with van der Waals surface area (Å²) in [5, 5.41) is 10.5. The SMILES string of the molecule is CCCCCCCCCC(O)C1(c2ccccc2)CC1. The summed E-state index contributed by atoms with van der Waals surface area (Å²) in [4.78, 5) is 0. The van der Waals surface area contributed by atoms with Gasteiger partial charge in [-0.15, -0.1) is 0 Å². The van der Waals surface area contributed by atoms with E-state index in [0.717, 1.165) is 19.3 Å². The zero-order valence-corrected chi connectivity index (χ0v) is 13.0. The van der Waals surface area contributed by atoms with E-state index in [9.17, 15) is 5.11 Å². The summed E-state index contributed by atoms with van der Waals surface area (Å²) in [5.74, 6) is 0. The van der Waals surface area contributed by atoms with Crippen LogP contribution in [0.15, 0.2) is 30.3 Å². The van der Waals surface area contributed by atoms with E-state index in [1.165, 1.54) is 50.5 Å². The van der Waals surface area contributed by atoms with Crippen LogP contribution in [-0.4, -0.2) is 11.2 Å². The van der Waals surface area contributed by atoms with Gasteiger partial charge in [0.2, 0.25) is 0 Å². The number of aliphatic hydroxyl groups excluding tert-OH is 1. The Hall–Kier alpha value is -0.820.